The summed E-state index contributed by atoms with van der Waals surface area (Å²) in [4.78, 5) is 27.7. The number of benzene rings is 1. The zero-order valence-electron chi connectivity index (χ0n) is 14.4. The number of amides is 1. The van der Waals surface area contributed by atoms with Crippen LogP contribution in [0.5, 0.6) is 0 Å². The van der Waals surface area contributed by atoms with Crippen molar-refractivity contribution in [3.8, 4) is 0 Å². The lowest BCUT2D eigenvalue weighted by Crippen LogP contribution is -2.49. The summed E-state index contributed by atoms with van der Waals surface area (Å²) in [5.74, 6) is 0.0967. The molecule has 0 aliphatic carbocycles. The van der Waals surface area contributed by atoms with Crippen LogP contribution in [-0.4, -0.2) is 52.9 Å². The summed E-state index contributed by atoms with van der Waals surface area (Å²) >= 11 is 0. The summed E-state index contributed by atoms with van der Waals surface area (Å²) in [6.07, 6.45) is 6.06. The number of halogens is 1. The number of piperidine rings is 1. The van der Waals surface area contributed by atoms with Gasteiger partial charge in [-0.15, -0.1) is 12.4 Å². The summed E-state index contributed by atoms with van der Waals surface area (Å²) in [7, 11) is 0. The van der Waals surface area contributed by atoms with E-state index in [9.17, 15) is 14.9 Å². The molecule has 1 aromatic rings. The molecule has 0 saturated carbocycles. The predicted octanol–water partition coefficient (Wildman–Crippen LogP) is 3.04. The highest BCUT2D eigenvalue weighted by atomic mass is 35.5. The Bertz CT molecular complexity index is 605. The van der Waals surface area contributed by atoms with Gasteiger partial charge in [-0.2, -0.15) is 0 Å². The van der Waals surface area contributed by atoms with E-state index in [2.05, 4.69) is 4.90 Å². The SMILES string of the molecule is Cl.O=C(Cc1cccc([N+](=O)[O-])c1)N1CCCC[C@H]1CN1CCCC1. The van der Waals surface area contributed by atoms with E-state index >= 15 is 0 Å². The standard InChI is InChI=1S/C18H25N3O3.ClH/c22-18(13-15-6-5-8-16(12-15)21(23)24)20-11-2-1-7-17(20)14-19-9-3-4-10-19;/h5-6,8,12,17H,1-4,7,9-11,13-14H2;1H/t17-;/m0./s1. The second-order valence-corrected chi connectivity index (χ2v) is 6.85. The molecule has 0 radical (unpaired) electrons. The number of nitrogens with zero attached hydrogens (tertiary/aromatic N) is 3. The largest absolute Gasteiger partial charge is 0.338 e. The zero-order chi connectivity index (χ0) is 16.9. The Morgan fingerprint density at radius 3 is 2.60 bits per heavy atom. The van der Waals surface area contributed by atoms with Crippen molar-refractivity contribution >= 4 is 24.0 Å². The predicted molar refractivity (Wildman–Crippen MR) is 99.1 cm³/mol. The third kappa shape index (κ3) is 5.16. The van der Waals surface area contributed by atoms with Crippen LogP contribution in [0.1, 0.15) is 37.7 Å². The third-order valence-electron chi connectivity index (χ3n) is 5.09. The second-order valence-electron chi connectivity index (χ2n) is 6.85. The highest BCUT2D eigenvalue weighted by molar-refractivity contribution is 5.85. The minimum atomic E-state index is -0.412. The van der Waals surface area contributed by atoms with Gasteiger partial charge in [0.1, 0.15) is 0 Å². The summed E-state index contributed by atoms with van der Waals surface area (Å²) < 4.78 is 0. The highest BCUT2D eigenvalue weighted by Gasteiger charge is 2.29. The molecule has 1 atom stereocenters. The second kappa shape index (κ2) is 9.15. The van der Waals surface area contributed by atoms with Gasteiger partial charge < -0.3 is 9.80 Å². The first kappa shape index (κ1) is 19.7. The number of nitro benzene ring substituents is 1. The van der Waals surface area contributed by atoms with Crippen LogP contribution in [0.25, 0.3) is 0 Å². The van der Waals surface area contributed by atoms with Crippen molar-refractivity contribution in [2.24, 2.45) is 0 Å². The number of hydrogen-bond donors (Lipinski definition) is 0. The van der Waals surface area contributed by atoms with Crippen LogP contribution in [0.3, 0.4) is 0 Å². The lowest BCUT2D eigenvalue weighted by atomic mass is 10.00. The lowest BCUT2D eigenvalue weighted by Gasteiger charge is -2.38. The Hall–Kier alpha value is -1.66. The fourth-order valence-electron chi connectivity index (χ4n) is 3.84. The molecule has 7 heteroatoms. The van der Waals surface area contributed by atoms with Gasteiger partial charge in [0.15, 0.2) is 0 Å². The first-order valence-electron chi connectivity index (χ1n) is 8.88. The fourth-order valence-corrected chi connectivity index (χ4v) is 3.84. The van der Waals surface area contributed by atoms with Gasteiger partial charge >= 0.3 is 0 Å². The fraction of sp³-hybridized carbons (Fsp3) is 0.611. The van der Waals surface area contributed by atoms with Crippen LogP contribution in [-0.2, 0) is 11.2 Å². The molecule has 0 spiro atoms. The molecule has 3 rings (SSSR count). The maximum Gasteiger partial charge on any atom is 0.269 e. The normalized spacial score (nSPS) is 21.0. The molecule has 25 heavy (non-hydrogen) atoms. The number of carbonyl (C=O) groups excluding carboxylic acids is 1. The van der Waals surface area contributed by atoms with E-state index in [1.54, 1.807) is 12.1 Å². The van der Waals surface area contributed by atoms with Crippen molar-refractivity contribution in [1.82, 2.24) is 9.80 Å². The molecule has 0 unspecified atom stereocenters. The molecule has 2 saturated heterocycles. The van der Waals surface area contributed by atoms with E-state index in [-0.39, 0.29) is 30.4 Å². The van der Waals surface area contributed by atoms with Crippen LogP contribution < -0.4 is 0 Å². The number of non-ortho nitro benzene ring substituents is 1. The van der Waals surface area contributed by atoms with Crippen LogP contribution in [0, 0.1) is 10.1 Å². The van der Waals surface area contributed by atoms with Gasteiger partial charge in [-0.25, -0.2) is 0 Å². The molecular formula is C18H26ClN3O3. The summed E-state index contributed by atoms with van der Waals surface area (Å²) in [5.41, 5.74) is 0.771. The minimum Gasteiger partial charge on any atom is -0.338 e. The molecule has 2 heterocycles. The van der Waals surface area contributed by atoms with Crippen LogP contribution in [0.4, 0.5) is 5.69 Å². The Balaban J connectivity index is 0.00000225. The van der Waals surface area contributed by atoms with Gasteiger partial charge in [-0.3, -0.25) is 14.9 Å². The monoisotopic (exact) mass is 367 g/mol. The molecule has 0 bridgehead atoms. The molecule has 1 amide bonds. The van der Waals surface area contributed by atoms with Gasteiger partial charge in [-0.05, 0) is 50.8 Å². The summed E-state index contributed by atoms with van der Waals surface area (Å²) in [5, 5.41) is 10.9. The van der Waals surface area contributed by atoms with Crippen molar-refractivity contribution in [3.63, 3.8) is 0 Å². The van der Waals surface area contributed by atoms with Gasteiger partial charge in [0.25, 0.3) is 5.69 Å². The molecule has 138 valence electrons. The zero-order valence-corrected chi connectivity index (χ0v) is 15.2. The van der Waals surface area contributed by atoms with E-state index in [0.717, 1.165) is 44.6 Å². The van der Waals surface area contributed by atoms with Crippen molar-refractivity contribution in [3.05, 3.63) is 39.9 Å². The molecule has 2 aliphatic heterocycles. The van der Waals surface area contributed by atoms with Crippen LogP contribution in [0.15, 0.2) is 24.3 Å². The Labute approximate surface area is 154 Å². The molecule has 0 aromatic heterocycles. The Kier molecular flexibility index (Phi) is 7.20. The Morgan fingerprint density at radius 1 is 1.16 bits per heavy atom. The lowest BCUT2D eigenvalue weighted by molar-refractivity contribution is -0.384. The topological polar surface area (TPSA) is 66.7 Å². The van der Waals surface area contributed by atoms with E-state index in [1.165, 1.54) is 31.4 Å². The van der Waals surface area contributed by atoms with Gasteiger partial charge in [-0.1, -0.05) is 12.1 Å². The van der Waals surface area contributed by atoms with Gasteiger partial charge in [0, 0.05) is 31.3 Å². The van der Waals surface area contributed by atoms with E-state index in [1.807, 2.05) is 4.90 Å². The van der Waals surface area contributed by atoms with Crippen molar-refractivity contribution in [2.75, 3.05) is 26.2 Å². The Morgan fingerprint density at radius 2 is 1.88 bits per heavy atom. The molecule has 6 nitrogen and oxygen atoms in total. The average Bonchev–Trinajstić information content (AvgIpc) is 3.08. The third-order valence-corrected chi connectivity index (χ3v) is 5.09. The van der Waals surface area contributed by atoms with E-state index < -0.39 is 4.92 Å². The number of rotatable bonds is 5. The van der Waals surface area contributed by atoms with Crippen molar-refractivity contribution < 1.29 is 9.72 Å². The first-order chi connectivity index (χ1) is 11.6. The minimum absolute atomic E-state index is 0. The van der Waals surface area contributed by atoms with Crippen LogP contribution in [0.2, 0.25) is 0 Å². The average molecular weight is 368 g/mol. The van der Waals surface area contributed by atoms with E-state index in [0.29, 0.717) is 6.04 Å². The maximum absolute atomic E-state index is 12.8. The number of likely N-dealkylation sites (tertiary alicyclic amines) is 2. The highest BCUT2D eigenvalue weighted by Crippen LogP contribution is 2.22. The molecule has 1 aromatic carbocycles. The van der Waals surface area contributed by atoms with Gasteiger partial charge in [0.2, 0.25) is 5.91 Å². The number of hydrogen-bond acceptors (Lipinski definition) is 4. The number of carbonyl (C=O) groups is 1. The summed E-state index contributed by atoms with van der Waals surface area (Å²) in [6.45, 7) is 4.07. The quantitative estimate of drug-likeness (QED) is 0.592. The molecule has 2 aliphatic rings. The van der Waals surface area contributed by atoms with Crippen LogP contribution >= 0.6 is 12.4 Å². The number of nitro groups is 1. The smallest absolute Gasteiger partial charge is 0.269 e. The van der Waals surface area contributed by atoms with E-state index in [4.69, 9.17) is 0 Å². The molecular weight excluding hydrogens is 342 g/mol. The molecule has 0 N–H and O–H groups in total. The van der Waals surface area contributed by atoms with Crippen molar-refractivity contribution in [2.45, 2.75) is 44.6 Å². The molecule has 2 fully saturated rings. The van der Waals surface area contributed by atoms with Crippen molar-refractivity contribution in [1.29, 1.82) is 0 Å². The maximum atomic E-state index is 12.8. The summed E-state index contributed by atoms with van der Waals surface area (Å²) in [6, 6.07) is 6.72. The van der Waals surface area contributed by atoms with Gasteiger partial charge in [0.05, 0.1) is 11.3 Å². The first-order valence-corrected chi connectivity index (χ1v) is 8.88.